The van der Waals surface area contributed by atoms with Crippen molar-refractivity contribution in [3.63, 3.8) is 0 Å². The fourth-order valence-corrected chi connectivity index (χ4v) is 2.75. The molecule has 0 fully saturated rings. The number of hydrogen-bond acceptors (Lipinski definition) is 3. The molecule has 3 rings (SSSR count). The summed E-state index contributed by atoms with van der Waals surface area (Å²) >= 11 is 0. The van der Waals surface area contributed by atoms with Crippen LogP contribution in [-0.4, -0.2) is 23.8 Å². The van der Waals surface area contributed by atoms with Crippen molar-refractivity contribution < 1.29 is 4.79 Å². The summed E-state index contributed by atoms with van der Waals surface area (Å²) in [6.07, 6.45) is 12.6. The van der Waals surface area contributed by atoms with Crippen LogP contribution in [0, 0.1) is 5.92 Å². The van der Waals surface area contributed by atoms with Crippen molar-refractivity contribution in [1.82, 2.24) is 4.90 Å². The standard InChI is InChI=1S/C14H16N2O/c15-8-14(17)13-6-5-12-7-10-3-1-2-4-11(10)9-16(12)13/h1-3,6-7,11H,4-5,8-9,15H2. The van der Waals surface area contributed by atoms with Crippen LogP contribution in [0.5, 0.6) is 0 Å². The molecule has 1 unspecified atom stereocenters. The first kappa shape index (κ1) is 10.5. The number of fused-ring (bicyclic) bond motifs is 2. The van der Waals surface area contributed by atoms with Crippen molar-refractivity contribution in [1.29, 1.82) is 0 Å². The van der Waals surface area contributed by atoms with Crippen molar-refractivity contribution >= 4 is 5.78 Å². The van der Waals surface area contributed by atoms with Crippen molar-refractivity contribution in [2.24, 2.45) is 11.7 Å². The van der Waals surface area contributed by atoms with Crippen molar-refractivity contribution in [3.8, 4) is 0 Å². The Bertz CT molecular complexity index is 482. The molecule has 0 aromatic rings. The van der Waals surface area contributed by atoms with Crippen LogP contribution in [0.15, 0.2) is 47.3 Å². The number of hydrogen-bond donors (Lipinski definition) is 1. The van der Waals surface area contributed by atoms with Gasteiger partial charge in [0, 0.05) is 24.6 Å². The van der Waals surface area contributed by atoms with E-state index in [2.05, 4.69) is 29.2 Å². The molecule has 0 aromatic carbocycles. The smallest absolute Gasteiger partial charge is 0.192 e. The first-order valence-corrected chi connectivity index (χ1v) is 6.08. The molecule has 0 spiro atoms. The highest BCUT2D eigenvalue weighted by atomic mass is 16.1. The van der Waals surface area contributed by atoms with Gasteiger partial charge in [-0.25, -0.2) is 0 Å². The van der Waals surface area contributed by atoms with Gasteiger partial charge in [0.1, 0.15) is 0 Å². The Morgan fingerprint density at radius 2 is 2.41 bits per heavy atom. The Kier molecular flexibility index (Phi) is 2.48. The summed E-state index contributed by atoms with van der Waals surface area (Å²) in [5.41, 5.74) is 8.88. The van der Waals surface area contributed by atoms with Crippen LogP contribution in [0.1, 0.15) is 12.8 Å². The Labute approximate surface area is 101 Å². The summed E-state index contributed by atoms with van der Waals surface area (Å²) in [6.45, 7) is 1.02. The maximum Gasteiger partial charge on any atom is 0.192 e. The average molecular weight is 228 g/mol. The van der Waals surface area contributed by atoms with E-state index in [0.717, 1.165) is 25.1 Å². The van der Waals surface area contributed by atoms with E-state index in [1.54, 1.807) is 0 Å². The van der Waals surface area contributed by atoms with E-state index in [4.69, 9.17) is 5.73 Å². The molecule has 0 bridgehead atoms. The molecule has 0 radical (unpaired) electrons. The minimum absolute atomic E-state index is 0.0483. The Balaban J connectivity index is 1.90. The van der Waals surface area contributed by atoms with E-state index in [1.807, 2.05) is 6.08 Å². The maximum atomic E-state index is 11.7. The SMILES string of the molecule is NCC(=O)C1=CCC2=CC3=CC=CCC3CN21. The van der Waals surface area contributed by atoms with Crippen molar-refractivity contribution in [2.75, 3.05) is 13.1 Å². The summed E-state index contributed by atoms with van der Waals surface area (Å²) in [6, 6.07) is 0. The molecule has 0 aromatic heterocycles. The first-order valence-electron chi connectivity index (χ1n) is 6.08. The maximum absolute atomic E-state index is 11.7. The number of nitrogens with two attached hydrogens (primary N) is 1. The number of carbonyl (C=O) groups excluding carboxylic acids is 1. The molecule has 2 aliphatic heterocycles. The minimum Gasteiger partial charge on any atom is -0.341 e. The van der Waals surface area contributed by atoms with Crippen molar-refractivity contribution in [2.45, 2.75) is 12.8 Å². The van der Waals surface area contributed by atoms with Gasteiger partial charge >= 0.3 is 0 Å². The van der Waals surface area contributed by atoms with Crippen LogP contribution in [0.4, 0.5) is 0 Å². The summed E-state index contributed by atoms with van der Waals surface area (Å²) < 4.78 is 0. The number of carbonyl (C=O) groups is 1. The number of allylic oxidation sites excluding steroid dienone is 5. The fraction of sp³-hybridized carbons (Fsp3) is 0.357. The van der Waals surface area contributed by atoms with Gasteiger partial charge in [0.15, 0.2) is 5.78 Å². The molecule has 2 N–H and O–H groups in total. The largest absolute Gasteiger partial charge is 0.341 e. The molecule has 3 nitrogen and oxygen atoms in total. The van der Waals surface area contributed by atoms with Gasteiger partial charge in [-0.3, -0.25) is 4.79 Å². The molecular weight excluding hydrogens is 212 g/mol. The zero-order valence-corrected chi connectivity index (χ0v) is 9.73. The Morgan fingerprint density at radius 1 is 1.53 bits per heavy atom. The highest BCUT2D eigenvalue weighted by molar-refractivity contribution is 5.97. The molecule has 3 aliphatic rings. The lowest BCUT2D eigenvalue weighted by Gasteiger charge is -2.34. The molecule has 1 aliphatic carbocycles. The molecule has 17 heavy (non-hydrogen) atoms. The normalized spacial score (nSPS) is 25.8. The molecule has 3 heteroatoms. The van der Waals surface area contributed by atoms with Gasteiger partial charge < -0.3 is 10.6 Å². The van der Waals surface area contributed by atoms with E-state index in [0.29, 0.717) is 5.92 Å². The van der Waals surface area contributed by atoms with Gasteiger partial charge in [0.25, 0.3) is 0 Å². The van der Waals surface area contributed by atoms with Gasteiger partial charge in [-0.15, -0.1) is 0 Å². The van der Waals surface area contributed by atoms with Gasteiger partial charge in [-0.1, -0.05) is 24.3 Å². The summed E-state index contributed by atoms with van der Waals surface area (Å²) in [5, 5.41) is 0. The number of Topliss-reactive ketones (excluding diaryl/α,β-unsaturated/α-hetero) is 1. The van der Waals surface area contributed by atoms with Crippen LogP contribution in [-0.2, 0) is 4.79 Å². The molecule has 0 saturated heterocycles. The van der Waals surface area contributed by atoms with Crippen LogP contribution in [0.2, 0.25) is 0 Å². The van der Waals surface area contributed by atoms with Crippen LogP contribution >= 0.6 is 0 Å². The Hall–Kier alpha value is -1.61. The summed E-state index contributed by atoms with van der Waals surface area (Å²) in [5.74, 6) is 0.572. The molecule has 0 saturated carbocycles. The lowest BCUT2D eigenvalue weighted by molar-refractivity contribution is -0.115. The highest BCUT2D eigenvalue weighted by Gasteiger charge is 2.31. The third-order valence-corrected chi connectivity index (χ3v) is 3.67. The molecule has 2 heterocycles. The van der Waals surface area contributed by atoms with E-state index in [9.17, 15) is 4.79 Å². The van der Waals surface area contributed by atoms with Gasteiger partial charge in [-0.05, 0) is 18.1 Å². The van der Waals surface area contributed by atoms with Crippen LogP contribution in [0.3, 0.4) is 0 Å². The quantitative estimate of drug-likeness (QED) is 0.779. The molecular formula is C14H16N2O. The van der Waals surface area contributed by atoms with E-state index in [1.165, 1.54) is 11.3 Å². The minimum atomic E-state index is 0.0483. The fourth-order valence-electron chi connectivity index (χ4n) is 2.75. The zero-order chi connectivity index (χ0) is 11.8. The van der Waals surface area contributed by atoms with Gasteiger partial charge in [0.2, 0.25) is 0 Å². The number of rotatable bonds is 2. The van der Waals surface area contributed by atoms with Crippen molar-refractivity contribution in [3.05, 3.63) is 47.3 Å². The molecule has 1 atom stereocenters. The van der Waals surface area contributed by atoms with Crippen LogP contribution < -0.4 is 5.73 Å². The number of nitrogens with zero attached hydrogens (tertiary/aromatic N) is 1. The van der Waals surface area contributed by atoms with Crippen LogP contribution in [0.25, 0.3) is 0 Å². The Morgan fingerprint density at radius 3 is 3.24 bits per heavy atom. The topological polar surface area (TPSA) is 46.3 Å². The third kappa shape index (κ3) is 1.67. The summed E-state index contributed by atoms with van der Waals surface area (Å²) in [7, 11) is 0. The van der Waals surface area contributed by atoms with Gasteiger partial charge in [0.05, 0.1) is 12.2 Å². The predicted molar refractivity (Wildman–Crippen MR) is 66.9 cm³/mol. The van der Waals surface area contributed by atoms with E-state index >= 15 is 0 Å². The lowest BCUT2D eigenvalue weighted by atomic mass is 9.87. The predicted octanol–water partition coefficient (Wildman–Crippen LogP) is 1.50. The first-order chi connectivity index (χ1) is 8.29. The second-order valence-electron chi connectivity index (χ2n) is 4.69. The van der Waals surface area contributed by atoms with Gasteiger partial charge in [-0.2, -0.15) is 0 Å². The lowest BCUT2D eigenvalue weighted by Crippen LogP contribution is -2.34. The molecule has 88 valence electrons. The second-order valence-corrected chi connectivity index (χ2v) is 4.69. The second kappa shape index (κ2) is 4.00. The molecule has 0 amide bonds. The van der Waals surface area contributed by atoms with E-state index < -0.39 is 0 Å². The number of ketones is 1. The highest BCUT2D eigenvalue weighted by Crippen LogP contribution is 2.36. The summed E-state index contributed by atoms with van der Waals surface area (Å²) in [4.78, 5) is 13.9. The monoisotopic (exact) mass is 228 g/mol. The third-order valence-electron chi connectivity index (χ3n) is 3.67. The van der Waals surface area contributed by atoms with E-state index in [-0.39, 0.29) is 12.3 Å². The zero-order valence-electron chi connectivity index (χ0n) is 9.73. The average Bonchev–Trinajstić information content (AvgIpc) is 2.78.